The second kappa shape index (κ2) is 7.56. The maximum Gasteiger partial charge on any atom is 0.182 e. The molecule has 3 aliphatic rings. The monoisotopic (exact) mass is 409 g/mol. The van der Waals surface area contributed by atoms with Gasteiger partial charge in [-0.25, -0.2) is 0 Å². The summed E-state index contributed by atoms with van der Waals surface area (Å²) in [6.07, 6.45) is 4.29. The van der Waals surface area contributed by atoms with Gasteiger partial charge in [-0.3, -0.25) is 4.90 Å². The van der Waals surface area contributed by atoms with Crippen molar-refractivity contribution in [1.29, 1.82) is 0 Å². The number of para-hydroxylation sites is 1. The average molecular weight is 410 g/mol. The van der Waals surface area contributed by atoms with Gasteiger partial charge in [0.05, 0.1) is 11.7 Å². The molecule has 4 nitrogen and oxygen atoms in total. The number of benzene rings is 3. The van der Waals surface area contributed by atoms with E-state index in [0.717, 1.165) is 43.9 Å². The number of likely N-dealkylation sites (tertiary alicyclic amines) is 1. The zero-order valence-corrected chi connectivity index (χ0v) is 17.6. The highest BCUT2D eigenvalue weighted by molar-refractivity contribution is 5.67. The van der Waals surface area contributed by atoms with Crippen molar-refractivity contribution >= 4 is 5.70 Å². The molecule has 0 aromatic heterocycles. The molecular formula is C27H27N3O. The van der Waals surface area contributed by atoms with Gasteiger partial charge < -0.3 is 10.2 Å². The summed E-state index contributed by atoms with van der Waals surface area (Å²) in [7, 11) is 0. The highest BCUT2D eigenvalue weighted by Crippen LogP contribution is 2.48. The minimum absolute atomic E-state index is 0.181. The molecule has 1 unspecified atom stereocenters. The first-order valence-corrected chi connectivity index (χ1v) is 11.2. The summed E-state index contributed by atoms with van der Waals surface area (Å²) in [6.45, 7) is 3.03. The number of rotatable bonds is 3. The van der Waals surface area contributed by atoms with E-state index in [-0.39, 0.29) is 11.8 Å². The molecule has 0 radical (unpaired) electrons. The van der Waals surface area contributed by atoms with Crippen LogP contribution in [0.25, 0.3) is 5.70 Å². The van der Waals surface area contributed by atoms with Gasteiger partial charge in [-0.15, -0.1) is 0 Å². The Morgan fingerprint density at radius 3 is 2.29 bits per heavy atom. The third kappa shape index (κ3) is 3.32. The molecule has 1 spiro atoms. The largest absolute Gasteiger partial charge is 0.470 e. The predicted molar refractivity (Wildman–Crippen MR) is 123 cm³/mol. The Kier molecular flexibility index (Phi) is 4.55. The van der Waals surface area contributed by atoms with Gasteiger partial charge in [0.25, 0.3) is 0 Å². The molecule has 4 heteroatoms. The van der Waals surface area contributed by atoms with Crippen LogP contribution in [0.5, 0.6) is 5.75 Å². The lowest BCUT2D eigenvalue weighted by Crippen LogP contribution is -2.63. The van der Waals surface area contributed by atoms with Gasteiger partial charge in [0.2, 0.25) is 0 Å². The summed E-state index contributed by atoms with van der Waals surface area (Å²) in [5, 5.41) is 2.37. The first-order valence-electron chi connectivity index (χ1n) is 11.2. The van der Waals surface area contributed by atoms with Gasteiger partial charge in [-0.2, -0.15) is 5.01 Å². The first-order chi connectivity index (χ1) is 15.3. The van der Waals surface area contributed by atoms with Gasteiger partial charge in [0.15, 0.2) is 5.72 Å². The molecule has 3 aromatic rings. The molecule has 0 aliphatic carbocycles. The van der Waals surface area contributed by atoms with Crippen LogP contribution in [0.1, 0.15) is 35.6 Å². The van der Waals surface area contributed by atoms with E-state index in [4.69, 9.17) is 4.74 Å². The summed E-state index contributed by atoms with van der Waals surface area (Å²) in [5.41, 5.74) is 8.38. The number of nitrogens with zero attached hydrogens (tertiary/aromatic N) is 2. The molecule has 3 aromatic carbocycles. The van der Waals surface area contributed by atoms with Crippen LogP contribution in [0.2, 0.25) is 0 Å². The van der Waals surface area contributed by atoms with Crippen LogP contribution in [-0.4, -0.2) is 28.7 Å². The maximum absolute atomic E-state index is 6.76. The van der Waals surface area contributed by atoms with E-state index < -0.39 is 0 Å². The van der Waals surface area contributed by atoms with Gasteiger partial charge in [-0.1, -0.05) is 78.9 Å². The topological polar surface area (TPSA) is 27.7 Å². The Labute approximate surface area is 183 Å². The van der Waals surface area contributed by atoms with Crippen LogP contribution in [-0.2, 0) is 6.54 Å². The minimum atomic E-state index is -0.334. The fraction of sp³-hybridized carbons (Fsp3) is 0.259. The summed E-state index contributed by atoms with van der Waals surface area (Å²) in [6, 6.07) is 30.0. The quantitative estimate of drug-likeness (QED) is 0.661. The van der Waals surface area contributed by atoms with E-state index in [9.17, 15) is 0 Å². The molecule has 3 heterocycles. The van der Waals surface area contributed by atoms with Crippen molar-refractivity contribution in [2.45, 2.75) is 31.2 Å². The van der Waals surface area contributed by atoms with Crippen LogP contribution in [0.15, 0.2) is 91.0 Å². The summed E-state index contributed by atoms with van der Waals surface area (Å²) in [5.74, 6) is 1.02. The molecule has 1 saturated heterocycles. The molecule has 0 saturated carbocycles. The number of piperidine rings is 1. The SMILES string of the molecule is C1=C(c2ccccc2)NN2C1c1ccccc1OC21CCN(Cc2ccccc2)CC1. The maximum atomic E-state index is 6.76. The van der Waals surface area contributed by atoms with Crippen LogP contribution in [0.4, 0.5) is 0 Å². The Morgan fingerprint density at radius 2 is 1.52 bits per heavy atom. The fourth-order valence-corrected chi connectivity index (χ4v) is 5.15. The molecule has 1 N–H and O–H groups in total. The predicted octanol–water partition coefficient (Wildman–Crippen LogP) is 4.97. The lowest BCUT2D eigenvalue weighted by Gasteiger charge is -2.51. The standard InChI is InChI=1S/C27H27N3O/c1-3-9-21(10-4-1)20-29-17-15-27(16-18-29)30-25(23-13-7-8-14-26(23)31-27)19-24(28-30)22-11-5-2-6-12-22/h1-14,19,25,28H,15-18,20H2. The summed E-state index contributed by atoms with van der Waals surface area (Å²) >= 11 is 0. The Morgan fingerprint density at radius 1 is 0.839 bits per heavy atom. The molecule has 156 valence electrons. The van der Waals surface area contributed by atoms with E-state index >= 15 is 0 Å². The van der Waals surface area contributed by atoms with Gasteiger partial charge in [0, 0.05) is 38.0 Å². The van der Waals surface area contributed by atoms with Crippen LogP contribution < -0.4 is 10.2 Å². The van der Waals surface area contributed by atoms with E-state index in [1.807, 2.05) is 0 Å². The molecular weight excluding hydrogens is 382 g/mol. The van der Waals surface area contributed by atoms with Crippen LogP contribution >= 0.6 is 0 Å². The normalized spacial score (nSPS) is 22.2. The van der Waals surface area contributed by atoms with Crippen molar-refractivity contribution < 1.29 is 4.74 Å². The Hall–Kier alpha value is -3.08. The van der Waals surface area contributed by atoms with E-state index in [2.05, 4.69) is 106 Å². The summed E-state index contributed by atoms with van der Waals surface area (Å²) < 4.78 is 6.76. The molecule has 1 fully saturated rings. The van der Waals surface area contributed by atoms with Crippen molar-refractivity contribution in [2.24, 2.45) is 0 Å². The van der Waals surface area contributed by atoms with Crippen molar-refractivity contribution in [3.63, 3.8) is 0 Å². The number of hydrogen-bond acceptors (Lipinski definition) is 4. The van der Waals surface area contributed by atoms with Gasteiger partial charge >= 0.3 is 0 Å². The second-order valence-electron chi connectivity index (χ2n) is 8.72. The van der Waals surface area contributed by atoms with Crippen LogP contribution in [0.3, 0.4) is 0 Å². The van der Waals surface area contributed by atoms with Crippen molar-refractivity contribution in [3.05, 3.63) is 108 Å². The van der Waals surface area contributed by atoms with Crippen molar-refractivity contribution in [3.8, 4) is 5.75 Å². The molecule has 3 aliphatic heterocycles. The number of ether oxygens (including phenoxy) is 1. The lowest BCUT2D eigenvalue weighted by atomic mass is 9.92. The zero-order chi connectivity index (χ0) is 20.7. The van der Waals surface area contributed by atoms with Crippen molar-refractivity contribution in [1.82, 2.24) is 15.3 Å². The number of nitrogens with one attached hydrogen (secondary N) is 1. The van der Waals surface area contributed by atoms with Gasteiger partial charge in [0.1, 0.15) is 5.75 Å². The smallest absolute Gasteiger partial charge is 0.182 e. The first kappa shape index (κ1) is 18.7. The molecule has 0 bridgehead atoms. The summed E-state index contributed by atoms with van der Waals surface area (Å²) in [4.78, 5) is 2.54. The molecule has 1 atom stereocenters. The van der Waals surface area contributed by atoms with E-state index in [0.29, 0.717) is 0 Å². The van der Waals surface area contributed by atoms with E-state index in [1.165, 1.54) is 16.7 Å². The lowest BCUT2D eigenvalue weighted by molar-refractivity contribution is -0.160. The molecule has 6 rings (SSSR count). The van der Waals surface area contributed by atoms with Gasteiger partial charge in [-0.05, 0) is 23.3 Å². The number of hydrogen-bond donors (Lipinski definition) is 1. The fourth-order valence-electron chi connectivity index (χ4n) is 5.15. The number of fused-ring (bicyclic) bond motifs is 4. The van der Waals surface area contributed by atoms with Crippen LogP contribution in [0, 0.1) is 0 Å². The zero-order valence-electron chi connectivity index (χ0n) is 17.6. The second-order valence-corrected chi connectivity index (χ2v) is 8.72. The Balaban J connectivity index is 1.28. The minimum Gasteiger partial charge on any atom is -0.470 e. The third-order valence-electron chi connectivity index (χ3n) is 6.79. The average Bonchev–Trinajstić information content (AvgIpc) is 3.29. The van der Waals surface area contributed by atoms with Crippen molar-refractivity contribution in [2.75, 3.05) is 13.1 Å². The highest BCUT2D eigenvalue weighted by atomic mass is 16.5. The Bertz CT molecular complexity index is 1090. The highest BCUT2D eigenvalue weighted by Gasteiger charge is 2.51. The molecule has 0 amide bonds. The van der Waals surface area contributed by atoms with E-state index in [1.54, 1.807) is 0 Å². The number of hydrazine groups is 1. The molecule has 31 heavy (non-hydrogen) atoms. The third-order valence-corrected chi connectivity index (χ3v) is 6.79.